The van der Waals surface area contributed by atoms with Crippen molar-refractivity contribution in [3.63, 3.8) is 0 Å². The van der Waals surface area contributed by atoms with Crippen LogP contribution in [0.15, 0.2) is 12.2 Å². The van der Waals surface area contributed by atoms with Crippen LogP contribution in [-0.4, -0.2) is 54.1 Å². The summed E-state index contributed by atoms with van der Waals surface area (Å²) >= 11 is 0. The van der Waals surface area contributed by atoms with E-state index in [1.165, 1.54) is 44.1 Å². The van der Waals surface area contributed by atoms with Gasteiger partial charge in [-0.25, -0.2) is 0 Å². The minimum Gasteiger partial charge on any atom is -0.550 e. The molecule has 3 aliphatic carbocycles. The number of quaternary nitrogens is 1. The van der Waals surface area contributed by atoms with Gasteiger partial charge in [0.05, 0.1) is 6.10 Å². The van der Waals surface area contributed by atoms with E-state index in [-0.39, 0.29) is 30.2 Å². The summed E-state index contributed by atoms with van der Waals surface area (Å²) in [5.41, 5.74) is 1.91. The molecule has 1 aliphatic heterocycles. The smallest absolute Gasteiger partial charge is 0.0544 e. The highest BCUT2D eigenvalue weighted by Gasteiger charge is 2.56. The summed E-state index contributed by atoms with van der Waals surface area (Å²) in [6, 6.07) is 1.22. The summed E-state index contributed by atoms with van der Waals surface area (Å²) in [5.74, 6) is 1.11. The van der Waals surface area contributed by atoms with E-state index in [9.17, 15) is 10.2 Å². The molecule has 0 amide bonds. The number of fused-ring (bicyclic) bond motifs is 1. The standard InChI is InChI=1S/C26H46N2O2.C2H4O2.H3N/c1-17-5-6-23-22(15-28-20-9-12-27-18(2)13-20)24(8-11-25(17,23)3)26(4)10-7-21(30)14-19(26)16-29;1-2(3)4;/h18-24,27-30H,1,5-16H2,2-4H3;1H3,(H,3,4);1H3/t18?,19-,20?,21+,22-,23?,24?,25+,26+;;/m1../s1. The molecule has 7 nitrogen and oxygen atoms in total. The number of aliphatic hydroxyl groups is 2. The van der Waals surface area contributed by atoms with E-state index in [0.29, 0.717) is 35.3 Å². The maximum Gasteiger partial charge on any atom is 0.0544 e. The third-order valence-corrected chi connectivity index (χ3v) is 10.2. The molecule has 4 fully saturated rings. The molecule has 4 rings (SSSR count). The predicted octanol–water partition coefficient (Wildman–Crippen LogP) is 3.01. The van der Waals surface area contributed by atoms with Crippen LogP contribution in [0.3, 0.4) is 0 Å². The summed E-state index contributed by atoms with van der Waals surface area (Å²) in [6.45, 7) is 15.1. The quantitative estimate of drug-likeness (QED) is 0.371. The van der Waals surface area contributed by atoms with E-state index < -0.39 is 5.97 Å². The van der Waals surface area contributed by atoms with Crippen molar-refractivity contribution in [1.82, 2.24) is 16.8 Å². The second-order valence-electron chi connectivity index (χ2n) is 12.3. The molecule has 0 bridgehead atoms. The fourth-order valence-corrected chi connectivity index (χ4v) is 8.09. The van der Waals surface area contributed by atoms with Crippen LogP contribution in [0.4, 0.5) is 0 Å². The molecule has 1 heterocycles. The normalized spacial score (nSPS) is 43.4. The third kappa shape index (κ3) is 6.67. The Hall–Kier alpha value is -0.990. The summed E-state index contributed by atoms with van der Waals surface area (Å²) in [7, 11) is 0. The number of allylic oxidation sites excluding steroid dienone is 1. The topological polar surface area (TPSA) is 141 Å². The van der Waals surface area contributed by atoms with E-state index in [1.54, 1.807) is 0 Å². The number of carboxylic acid groups (broad SMARTS) is 1. The Balaban J connectivity index is 0.000000804. The monoisotopic (exact) mass is 495 g/mol. The molecular formula is C28H53N3O4. The zero-order valence-corrected chi connectivity index (χ0v) is 22.9. The van der Waals surface area contributed by atoms with Crippen LogP contribution >= 0.6 is 0 Å². The Morgan fingerprint density at radius 2 is 1.86 bits per heavy atom. The van der Waals surface area contributed by atoms with Gasteiger partial charge in [0.25, 0.3) is 0 Å². The van der Waals surface area contributed by atoms with Gasteiger partial charge in [0.2, 0.25) is 0 Å². The van der Waals surface area contributed by atoms with Crippen LogP contribution in [0.25, 0.3) is 0 Å². The second-order valence-corrected chi connectivity index (χ2v) is 12.3. The average Bonchev–Trinajstić information content (AvgIpc) is 3.08. The van der Waals surface area contributed by atoms with Crippen molar-refractivity contribution < 1.29 is 20.1 Å². The van der Waals surface area contributed by atoms with Crippen LogP contribution in [-0.2, 0) is 4.79 Å². The van der Waals surface area contributed by atoms with Gasteiger partial charge in [0, 0.05) is 24.7 Å². The number of piperidine rings is 1. The fraction of sp³-hybridized carbons (Fsp3) is 0.893. The molecule has 0 spiro atoms. The van der Waals surface area contributed by atoms with Gasteiger partial charge < -0.3 is 36.9 Å². The summed E-state index contributed by atoms with van der Waals surface area (Å²) in [5, 5.41) is 37.0. The Kier molecular flexibility index (Phi) is 10.8. The number of hydrogen-bond donors (Lipinski definition) is 5. The largest absolute Gasteiger partial charge is 0.550 e. The Bertz CT molecular complexity index is 714. The van der Waals surface area contributed by atoms with Gasteiger partial charge in [0.1, 0.15) is 0 Å². The van der Waals surface area contributed by atoms with Crippen molar-refractivity contribution in [3.05, 3.63) is 12.2 Å². The van der Waals surface area contributed by atoms with Crippen molar-refractivity contribution >= 4 is 5.97 Å². The number of hydrogen-bond acceptors (Lipinski definition) is 6. The lowest BCUT2D eigenvalue weighted by molar-refractivity contribution is -0.302. The average molecular weight is 496 g/mol. The van der Waals surface area contributed by atoms with Crippen molar-refractivity contribution in [2.75, 3.05) is 19.7 Å². The first-order valence-corrected chi connectivity index (χ1v) is 13.6. The van der Waals surface area contributed by atoms with Crippen molar-refractivity contribution in [2.24, 2.45) is 34.5 Å². The molecule has 3 saturated carbocycles. The van der Waals surface area contributed by atoms with Crippen LogP contribution in [0, 0.1) is 34.5 Å². The van der Waals surface area contributed by atoms with Crippen LogP contribution in [0.5, 0.6) is 0 Å². The van der Waals surface area contributed by atoms with Gasteiger partial charge in [-0.3, -0.25) is 0 Å². The number of rotatable bonds is 5. The molecule has 0 aromatic heterocycles. The number of carboxylic acids is 1. The highest BCUT2D eigenvalue weighted by Crippen LogP contribution is 2.63. The van der Waals surface area contributed by atoms with E-state index in [2.05, 4.69) is 38.0 Å². The lowest BCUT2D eigenvalue weighted by atomic mass is 9.49. The molecule has 0 aromatic carbocycles. The first-order chi connectivity index (χ1) is 16.0. The molecule has 0 radical (unpaired) electrons. The number of carbonyl (C=O) groups is 1. The van der Waals surface area contributed by atoms with Crippen LogP contribution in [0.1, 0.15) is 85.5 Å². The van der Waals surface area contributed by atoms with Crippen molar-refractivity contribution in [3.8, 4) is 0 Å². The number of carbonyl (C=O) groups excluding carboxylic acids is 1. The Morgan fingerprint density at radius 3 is 2.49 bits per heavy atom. The predicted molar refractivity (Wildman–Crippen MR) is 140 cm³/mol. The fourth-order valence-electron chi connectivity index (χ4n) is 8.09. The lowest BCUT2D eigenvalue weighted by Gasteiger charge is -2.57. The minimum absolute atomic E-state index is 0. The zero-order valence-electron chi connectivity index (χ0n) is 22.9. The van der Waals surface area contributed by atoms with Crippen LogP contribution in [0.2, 0.25) is 0 Å². The van der Waals surface area contributed by atoms with E-state index in [1.807, 2.05) is 0 Å². The van der Waals surface area contributed by atoms with E-state index in [0.717, 1.165) is 39.3 Å². The first kappa shape index (κ1) is 30.2. The van der Waals surface area contributed by atoms with Gasteiger partial charge in [-0.2, -0.15) is 0 Å². The number of aliphatic carboxylic acids is 1. The molecule has 7 heteroatoms. The van der Waals surface area contributed by atoms with Gasteiger partial charge in [-0.15, -0.1) is 0 Å². The third-order valence-electron chi connectivity index (χ3n) is 10.2. The Morgan fingerprint density at radius 1 is 1.17 bits per heavy atom. The van der Waals surface area contributed by atoms with E-state index in [4.69, 9.17) is 9.90 Å². The maximum absolute atomic E-state index is 10.3. The van der Waals surface area contributed by atoms with Crippen molar-refractivity contribution in [1.29, 1.82) is 0 Å². The SMILES string of the molecule is C=C1CCC2[C@@H](CNC3CCNC(C)C3)C([C@@]3(C)CC[C@H](O)C[C@@H]3CO)CC[C@@]12C.CC(=O)[O-].[NH4+]. The molecule has 0 aromatic rings. The molecule has 9 atom stereocenters. The van der Waals surface area contributed by atoms with Gasteiger partial charge in [-0.05, 0) is 119 Å². The molecule has 4 aliphatic rings. The first-order valence-electron chi connectivity index (χ1n) is 13.6. The van der Waals surface area contributed by atoms with E-state index >= 15 is 0 Å². The molecule has 204 valence electrons. The highest BCUT2D eigenvalue weighted by molar-refractivity contribution is 5.60. The highest BCUT2D eigenvalue weighted by atomic mass is 16.4. The molecule has 35 heavy (non-hydrogen) atoms. The summed E-state index contributed by atoms with van der Waals surface area (Å²) < 4.78 is 0. The minimum atomic E-state index is -1.08. The van der Waals surface area contributed by atoms with Gasteiger partial charge >= 0.3 is 0 Å². The van der Waals surface area contributed by atoms with Gasteiger partial charge in [0.15, 0.2) is 0 Å². The maximum atomic E-state index is 10.3. The number of nitrogens with one attached hydrogen (secondary N) is 2. The molecular weight excluding hydrogens is 442 g/mol. The summed E-state index contributed by atoms with van der Waals surface area (Å²) in [4.78, 5) is 8.89. The van der Waals surface area contributed by atoms with Gasteiger partial charge in [-0.1, -0.05) is 26.0 Å². The lowest BCUT2D eigenvalue weighted by Crippen LogP contribution is -2.54. The molecule has 8 N–H and O–H groups in total. The summed E-state index contributed by atoms with van der Waals surface area (Å²) in [6.07, 6.45) is 9.87. The van der Waals surface area contributed by atoms with Crippen LogP contribution < -0.4 is 21.9 Å². The Labute approximate surface area is 213 Å². The zero-order chi connectivity index (χ0) is 25.1. The molecule has 4 unspecified atom stereocenters. The van der Waals surface area contributed by atoms with Crippen molar-refractivity contribution in [2.45, 2.75) is 104 Å². The second kappa shape index (κ2) is 12.5. The molecule has 1 saturated heterocycles. The number of aliphatic hydroxyl groups excluding tert-OH is 2.